The summed E-state index contributed by atoms with van der Waals surface area (Å²) in [6, 6.07) is 10.4. The first-order valence-corrected chi connectivity index (χ1v) is 9.37. The Hall–Kier alpha value is -2.74. The summed E-state index contributed by atoms with van der Waals surface area (Å²) in [5, 5.41) is 14.3. The zero-order chi connectivity index (χ0) is 18.6. The van der Waals surface area contributed by atoms with Gasteiger partial charge in [-0.3, -0.25) is 10.1 Å². The van der Waals surface area contributed by atoms with Gasteiger partial charge in [-0.15, -0.1) is 0 Å². The molecule has 0 bridgehead atoms. The van der Waals surface area contributed by atoms with Crippen LogP contribution in [-0.4, -0.2) is 40.1 Å². The lowest BCUT2D eigenvalue weighted by Gasteiger charge is -2.32. The number of anilines is 2. The van der Waals surface area contributed by atoms with Gasteiger partial charge in [-0.2, -0.15) is 4.98 Å². The molecule has 2 aliphatic rings. The van der Waals surface area contributed by atoms with E-state index in [4.69, 9.17) is 4.74 Å². The molecule has 8 heteroatoms. The fraction of sp³-hybridized carbons (Fsp3) is 0.474. The Morgan fingerprint density at radius 3 is 2.59 bits per heavy atom. The third kappa shape index (κ3) is 4.51. The van der Waals surface area contributed by atoms with Crippen molar-refractivity contribution in [3.05, 3.63) is 52.2 Å². The molecule has 1 aliphatic carbocycles. The summed E-state index contributed by atoms with van der Waals surface area (Å²) >= 11 is 0. The van der Waals surface area contributed by atoms with Crippen LogP contribution in [0.1, 0.15) is 31.2 Å². The van der Waals surface area contributed by atoms with Gasteiger partial charge in [0, 0.05) is 19.1 Å². The number of ether oxygens (including phenoxy) is 1. The highest BCUT2D eigenvalue weighted by Crippen LogP contribution is 2.30. The van der Waals surface area contributed by atoms with Gasteiger partial charge in [-0.05, 0) is 31.2 Å². The number of nitrogens with one attached hydrogen (secondary N) is 1. The molecule has 1 aromatic heterocycles. The Labute approximate surface area is 157 Å². The molecule has 1 aromatic carbocycles. The van der Waals surface area contributed by atoms with Crippen molar-refractivity contribution in [2.24, 2.45) is 0 Å². The third-order valence-corrected chi connectivity index (χ3v) is 4.92. The van der Waals surface area contributed by atoms with Gasteiger partial charge in [0.1, 0.15) is 6.20 Å². The molecular formula is C19H23N5O3. The molecule has 2 aromatic rings. The summed E-state index contributed by atoms with van der Waals surface area (Å²) in [5.41, 5.74) is 1.11. The van der Waals surface area contributed by atoms with Crippen molar-refractivity contribution in [2.75, 3.05) is 23.3 Å². The van der Waals surface area contributed by atoms with E-state index in [9.17, 15) is 10.1 Å². The average molecular weight is 369 g/mol. The summed E-state index contributed by atoms with van der Waals surface area (Å²) in [4.78, 5) is 21.5. The molecule has 0 amide bonds. The lowest BCUT2D eigenvalue weighted by Crippen LogP contribution is -2.38. The number of aromatic nitrogens is 2. The van der Waals surface area contributed by atoms with Gasteiger partial charge in [0.2, 0.25) is 11.8 Å². The van der Waals surface area contributed by atoms with E-state index in [0.29, 0.717) is 24.4 Å². The summed E-state index contributed by atoms with van der Waals surface area (Å²) in [5.74, 6) is 0.875. The van der Waals surface area contributed by atoms with Crippen LogP contribution in [0.15, 0.2) is 36.5 Å². The molecule has 0 unspecified atom stereocenters. The Morgan fingerprint density at radius 2 is 1.93 bits per heavy atom. The molecule has 2 fully saturated rings. The first kappa shape index (κ1) is 17.7. The fourth-order valence-corrected chi connectivity index (χ4v) is 3.19. The van der Waals surface area contributed by atoms with Gasteiger partial charge < -0.3 is 15.0 Å². The Kier molecular flexibility index (Phi) is 5.15. The van der Waals surface area contributed by atoms with Crippen molar-refractivity contribution >= 4 is 17.5 Å². The van der Waals surface area contributed by atoms with Crippen LogP contribution in [0.3, 0.4) is 0 Å². The highest BCUT2D eigenvalue weighted by molar-refractivity contribution is 5.58. The summed E-state index contributed by atoms with van der Waals surface area (Å²) in [7, 11) is 0. The zero-order valence-electron chi connectivity index (χ0n) is 15.1. The van der Waals surface area contributed by atoms with Crippen LogP contribution in [0.25, 0.3) is 0 Å². The summed E-state index contributed by atoms with van der Waals surface area (Å²) in [6.07, 6.45) is 5.35. The lowest BCUT2D eigenvalue weighted by molar-refractivity contribution is -0.384. The molecule has 27 heavy (non-hydrogen) atoms. The largest absolute Gasteiger partial charge is 0.373 e. The van der Waals surface area contributed by atoms with Crippen LogP contribution in [0.4, 0.5) is 17.5 Å². The van der Waals surface area contributed by atoms with E-state index in [1.807, 2.05) is 18.2 Å². The van der Waals surface area contributed by atoms with Gasteiger partial charge in [0.05, 0.1) is 17.6 Å². The van der Waals surface area contributed by atoms with E-state index in [1.165, 1.54) is 11.8 Å². The third-order valence-electron chi connectivity index (χ3n) is 4.92. The quantitative estimate of drug-likeness (QED) is 0.592. The lowest BCUT2D eigenvalue weighted by atomic mass is 10.1. The topological polar surface area (TPSA) is 93.4 Å². The average Bonchev–Trinajstić information content (AvgIpc) is 3.51. The predicted octanol–water partition coefficient (Wildman–Crippen LogP) is 3.14. The maximum absolute atomic E-state index is 11.2. The van der Waals surface area contributed by atoms with Crippen LogP contribution in [0, 0.1) is 10.1 Å². The summed E-state index contributed by atoms with van der Waals surface area (Å²) < 4.78 is 6.02. The van der Waals surface area contributed by atoms with Gasteiger partial charge in [-0.25, -0.2) is 4.98 Å². The highest BCUT2D eigenvalue weighted by Gasteiger charge is 2.28. The molecule has 0 atom stereocenters. The maximum atomic E-state index is 11.2. The molecule has 8 nitrogen and oxygen atoms in total. The Balaban J connectivity index is 1.35. The summed E-state index contributed by atoms with van der Waals surface area (Å²) in [6.45, 7) is 2.18. The zero-order valence-corrected chi connectivity index (χ0v) is 15.1. The molecule has 2 heterocycles. The van der Waals surface area contributed by atoms with Gasteiger partial charge in [0.15, 0.2) is 0 Å². The first-order valence-electron chi connectivity index (χ1n) is 9.37. The maximum Gasteiger partial charge on any atom is 0.329 e. The number of rotatable bonds is 7. The van der Waals surface area contributed by atoms with Crippen LogP contribution in [0.2, 0.25) is 0 Å². The van der Waals surface area contributed by atoms with E-state index < -0.39 is 4.92 Å². The van der Waals surface area contributed by atoms with E-state index in [1.54, 1.807) is 0 Å². The monoisotopic (exact) mass is 369 g/mol. The van der Waals surface area contributed by atoms with Crippen molar-refractivity contribution in [1.29, 1.82) is 0 Å². The number of nitro groups is 1. The van der Waals surface area contributed by atoms with E-state index >= 15 is 0 Å². The van der Waals surface area contributed by atoms with E-state index in [-0.39, 0.29) is 11.8 Å². The molecule has 0 spiro atoms. The molecule has 1 N–H and O–H groups in total. The van der Waals surface area contributed by atoms with Gasteiger partial charge >= 0.3 is 5.69 Å². The first-order chi connectivity index (χ1) is 13.2. The smallest absolute Gasteiger partial charge is 0.329 e. The number of piperidine rings is 1. The number of hydrogen-bond donors (Lipinski definition) is 1. The minimum absolute atomic E-state index is 0.0632. The van der Waals surface area contributed by atoms with Crippen LogP contribution >= 0.6 is 0 Å². The van der Waals surface area contributed by atoms with Crippen LogP contribution in [-0.2, 0) is 11.3 Å². The molecule has 0 radical (unpaired) electrons. The van der Waals surface area contributed by atoms with Crippen LogP contribution in [0.5, 0.6) is 0 Å². The van der Waals surface area contributed by atoms with Crippen LogP contribution < -0.4 is 10.2 Å². The van der Waals surface area contributed by atoms with Crippen molar-refractivity contribution < 1.29 is 9.66 Å². The molecule has 142 valence electrons. The Bertz CT molecular complexity index is 789. The molecule has 4 rings (SSSR count). The van der Waals surface area contributed by atoms with E-state index in [2.05, 4.69) is 32.3 Å². The fourth-order valence-electron chi connectivity index (χ4n) is 3.19. The second-order valence-corrected chi connectivity index (χ2v) is 7.06. The second kappa shape index (κ2) is 7.87. The minimum Gasteiger partial charge on any atom is -0.373 e. The van der Waals surface area contributed by atoms with Crippen molar-refractivity contribution in [2.45, 2.75) is 44.4 Å². The predicted molar refractivity (Wildman–Crippen MR) is 102 cm³/mol. The van der Waals surface area contributed by atoms with E-state index in [0.717, 1.165) is 38.8 Å². The van der Waals surface area contributed by atoms with Gasteiger partial charge in [-0.1, -0.05) is 30.3 Å². The standard InChI is InChI=1S/C19H23N5O3/c25-24(26)17-12-20-19(22-18(17)21-15-6-7-15)23-10-8-16(9-11-23)27-13-14-4-2-1-3-5-14/h1-5,12,15-16H,6-11,13H2,(H,20,21,22). The molecule has 1 saturated carbocycles. The molecule has 1 aliphatic heterocycles. The number of nitrogens with zero attached hydrogens (tertiary/aromatic N) is 4. The van der Waals surface area contributed by atoms with Gasteiger partial charge in [0.25, 0.3) is 0 Å². The van der Waals surface area contributed by atoms with Crippen molar-refractivity contribution in [1.82, 2.24) is 9.97 Å². The Morgan fingerprint density at radius 1 is 1.19 bits per heavy atom. The minimum atomic E-state index is -0.432. The van der Waals surface area contributed by atoms with Crippen molar-refractivity contribution in [3.63, 3.8) is 0 Å². The number of hydrogen-bond acceptors (Lipinski definition) is 7. The highest BCUT2D eigenvalue weighted by atomic mass is 16.6. The molecule has 1 saturated heterocycles. The normalized spacial score (nSPS) is 17.7. The number of benzene rings is 1. The second-order valence-electron chi connectivity index (χ2n) is 7.06. The molecular weight excluding hydrogens is 346 g/mol. The SMILES string of the molecule is O=[N+]([O-])c1cnc(N2CCC(OCc3ccccc3)CC2)nc1NC1CC1. The van der Waals surface area contributed by atoms with Crippen molar-refractivity contribution in [3.8, 4) is 0 Å².